The van der Waals surface area contributed by atoms with Crippen molar-refractivity contribution in [3.63, 3.8) is 0 Å². The average Bonchev–Trinajstić information content (AvgIpc) is 2.78. The van der Waals surface area contributed by atoms with Gasteiger partial charge in [0.05, 0.1) is 0 Å². The number of thiocarbonyl (C=S) groups is 1. The van der Waals surface area contributed by atoms with Crippen LogP contribution in [0, 0.1) is 11.6 Å². The van der Waals surface area contributed by atoms with E-state index in [0.717, 1.165) is 18.0 Å². The molecule has 3 N–H and O–H groups in total. The zero-order valence-electron chi connectivity index (χ0n) is 10.9. The number of nitrogens with zero attached hydrogens (tertiary/aromatic N) is 2. The molecule has 2 rings (SSSR count). The molecule has 1 aromatic heterocycles. The first-order chi connectivity index (χ1) is 9.49. The number of imidazole rings is 1. The molecule has 0 saturated heterocycles. The smallest absolute Gasteiger partial charge is 0.150 e. The first kappa shape index (κ1) is 14.4. The summed E-state index contributed by atoms with van der Waals surface area (Å²) in [5.41, 5.74) is 5.34. The summed E-state index contributed by atoms with van der Waals surface area (Å²) in [5, 5.41) is 2.73. The van der Waals surface area contributed by atoms with Crippen molar-refractivity contribution in [1.29, 1.82) is 0 Å². The van der Waals surface area contributed by atoms with Crippen molar-refractivity contribution in [3.8, 4) is 0 Å². The van der Waals surface area contributed by atoms with Crippen molar-refractivity contribution < 1.29 is 8.78 Å². The summed E-state index contributed by atoms with van der Waals surface area (Å²) < 4.78 is 29.4. The Kier molecular flexibility index (Phi) is 4.29. The molecule has 0 saturated carbocycles. The summed E-state index contributed by atoms with van der Waals surface area (Å²) in [6.45, 7) is 0.366. The lowest BCUT2D eigenvalue weighted by Crippen LogP contribution is -2.14. The quantitative estimate of drug-likeness (QED) is 0.829. The van der Waals surface area contributed by atoms with Crippen LogP contribution < -0.4 is 11.1 Å². The van der Waals surface area contributed by atoms with Crippen molar-refractivity contribution in [2.75, 3.05) is 11.9 Å². The van der Waals surface area contributed by atoms with Crippen LogP contribution >= 0.6 is 12.2 Å². The van der Waals surface area contributed by atoms with Gasteiger partial charge in [-0.25, -0.2) is 13.8 Å². The summed E-state index contributed by atoms with van der Waals surface area (Å²) in [6, 6.07) is 2.24. The molecule has 0 aliphatic carbocycles. The molecule has 0 unspecified atom stereocenters. The van der Waals surface area contributed by atoms with Crippen LogP contribution in [0.4, 0.5) is 14.5 Å². The van der Waals surface area contributed by atoms with Crippen LogP contribution in [0.1, 0.15) is 11.4 Å². The number of anilines is 1. The molecule has 0 radical (unpaired) electrons. The zero-order valence-corrected chi connectivity index (χ0v) is 11.7. The highest BCUT2D eigenvalue weighted by Crippen LogP contribution is 2.20. The maximum Gasteiger partial charge on any atom is 0.150 e. The topological polar surface area (TPSA) is 55.9 Å². The monoisotopic (exact) mass is 296 g/mol. The highest BCUT2D eigenvalue weighted by Gasteiger charge is 2.12. The van der Waals surface area contributed by atoms with Gasteiger partial charge in [-0.05, 0) is 12.1 Å². The number of benzene rings is 1. The second-order valence-corrected chi connectivity index (χ2v) is 4.75. The van der Waals surface area contributed by atoms with E-state index < -0.39 is 11.6 Å². The van der Waals surface area contributed by atoms with Crippen molar-refractivity contribution >= 4 is 22.9 Å². The van der Waals surface area contributed by atoms with Crippen LogP contribution in [0.2, 0.25) is 0 Å². The third kappa shape index (κ3) is 3.11. The predicted octanol–water partition coefficient (Wildman–Crippen LogP) is 1.99. The summed E-state index contributed by atoms with van der Waals surface area (Å²) in [6.07, 6.45) is 4.04. The first-order valence-electron chi connectivity index (χ1n) is 5.98. The van der Waals surface area contributed by atoms with Gasteiger partial charge in [-0.2, -0.15) is 0 Å². The molecule has 0 fully saturated rings. The van der Waals surface area contributed by atoms with E-state index in [4.69, 9.17) is 18.0 Å². The number of hydrogen-bond donors (Lipinski definition) is 2. The van der Waals surface area contributed by atoms with Gasteiger partial charge in [0.1, 0.15) is 28.1 Å². The van der Waals surface area contributed by atoms with Crippen LogP contribution in [-0.4, -0.2) is 21.1 Å². The number of aryl methyl sites for hydroxylation is 1. The molecule has 7 heteroatoms. The van der Waals surface area contributed by atoms with E-state index in [1.807, 2.05) is 17.8 Å². The highest BCUT2D eigenvalue weighted by atomic mass is 32.1. The van der Waals surface area contributed by atoms with Gasteiger partial charge < -0.3 is 15.6 Å². The summed E-state index contributed by atoms with van der Waals surface area (Å²) in [7, 11) is 1.86. The lowest BCUT2D eigenvalue weighted by atomic mass is 10.2. The van der Waals surface area contributed by atoms with Crippen LogP contribution in [0.15, 0.2) is 24.5 Å². The Hall–Kier alpha value is -2.02. The van der Waals surface area contributed by atoms with Gasteiger partial charge >= 0.3 is 0 Å². The molecule has 4 nitrogen and oxygen atoms in total. The normalized spacial score (nSPS) is 10.6. The third-order valence-electron chi connectivity index (χ3n) is 2.90. The molecular formula is C13H14F2N4S. The van der Waals surface area contributed by atoms with Gasteiger partial charge in [-0.1, -0.05) is 12.2 Å². The number of nitrogens with one attached hydrogen (secondary N) is 1. The molecule has 106 valence electrons. The van der Waals surface area contributed by atoms with E-state index in [1.54, 1.807) is 6.20 Å². The molecule has 0 atom stereocenters. The molecule has 1 heterocycles. The largest absolute Gasteiger partial charge is 0.389 e. The lowest BCUT2D eigenvalue weighted by molar-refractivity contribution is 0.587. The average molecular weight is 296 g/mol. The number of aromatic nitrogens is 2. The summed E-state index contributed by atoms with van der Waals surface area (Å²) in [4.78, 5) is 4.09. The van der Waals surface area contributed by atoms with Gasteiger partial charge in [0.15, 0.2) is 0 Å². The summed E-state index contributed by atoms with van der Waals surface area (Å²) in [5.74, 6) is -0.599. The second kappa shape index (κ2) is 5.96. The van der Waals surface area contributed by atoms with Crippen LogP contribution in [0.3, 0.4) is 0 Å². The number of halogens is 2. The van der Waals surface area contributed by atoms with E-state index in [1.165, 1.54) is 0 Å². The van der Waals surface area contributed by atoms with Crippen LogP contribution in [0.25, 0.3) is 0 Å². The zero-order chi connectivity index (χ0) is 14.7. The molecule has 0 aliphatic heterocycles. The Morgan fingerprint density at radius 1 is 1.40 bits per heavy atom. The van der Waals surface area contributed by atoms with Gasteiger partial charge in [0.25, 0.3) is 0 Å². The first-order valence-corrected chi connectivity index (χ1v) is 6.38. The fourth-order valence-corrected chi connectivity index (χ4v) is 1.94. The van der Waals surface area contributed by atoms with Crippen molar-refractivity contribution in [2.45, 2.75) is 6.42 Å². The fraction of sp³-hybridized carbons (Fsp3) is 0.231. The SMILES string of the molecule is Cn1ccnc1CCNc1c(F)cc(C(N)=S)cc1F. The molecule has 0 spiro atoms. The molecule has 1 aromatic carbocycles. The van der Waals surface area contributed by atoms with Crippen LogP contribution in [-0.2, 0) is 13.5 Å². The van der Waals surface area contributed by atoms with Crippen molar-refractivity contribution in [1.82, 2.24) is 9.55 Å². The molecule has 0 bridgehead atoms. The molecule has 2 aromatic rings. The Morgan fingerprint density at radius 2 is 2.05 bits per heavy atom. The van der Waals surface area contributed by atoms with Crippen molar-refractivity contribution in [2.24, 2.45) is 12.8 Å². The highest BCUT2D eigenvalue weighted by molar-refractivity contribution is 7.80. The minimum atomic E-state index is -0.715. The lowest BCUT2D eigenvalue weighted by Gasteiger charge is -2.10. The van der Waals surface area contributed by atoms with E-state index in [-0.39, 0.29) is 16.2 Å². The van der Waals surface area contributed by atoms with Gasteiger partial charge in [-0.15, -0.1) is 0 Å². The van der Waals surface area contributed by atoms with Gasteiger partial charge in [0.2, 0.25) is 0 Å². The standard InChI is InChI=1S/C13H14F2N4S/c1-19-5-4-17-11(19)2-3-18-12-9(14)6-8(13(16)20)7-10(12)15/h4-7,18H,2-3H2,1H3,(H2,16,20). The molecular weight excluding hydrogens is 282 g/mol. The molecule has 20 heavy (non-hydrogen) atoms. The Bertz CT molecular complexity index is 616. The minimum absolute atomic E-state index is 0.0395. The maximum absolute atomic E-state index is 13.8. The second-order valence-electron chi connectivity index (χ2n) is 4.31. The maximum atomic E-state index is 13.8. The number of hydrogen-bond acceptors (Lipinski definition) is 3. The predicted molar refractivity (Wildman–Crippen MR) is 77.6 cm³/mol. The Labute approximate surface area is 120 Å². The third-order valence-corrected chi connectivity index (χ3v) is 3.13. The van der Waals surface area contributed by atoms with E-state index in [9.17, 15) is 8.78 Å². The fourth-order valence-electron chi connectivity index (χ4n) is 1.82. The van der Waals surface area contributed by atoms with Crippen molar-refractivity contribution in [3.05, 3.63) is 47.5 Å². The Balaban J connectivity index is 2.06. The van der Waals surface area contributed by atoms with E-state index in [2.05, 4.69) is 10.3 Å². The minimum Gasteiger partial charge on any atom is -0.389 e. The number of nitrogens with two attached hydrogens (primary N) is 1. The Morgan fingerprint density at radius 3 is 2.55 bits per heavy atom. The van der Waals surface area contributed by atoms with E-state index in [0.29, 0.717) is 13.0 Å². The summed E-state index contributed by atoms with van der Waals surface area (Å²) >= 11 is 4.69. The molecule has 0 amide bonds. The number of rotatable bonds is 5. The van der Waals surface area contributed by atoms with Gasteiger partial charge in [0, 0.05) is 38.0 Å². The van der Waals surface area contributed by atoms with Crippen LogP contribution in [0.5, 0.6) is 0 Å². The molecule has 0 aliphatic rings. The van der Waals surface area contributed by atoms with E-state index >= 15 is 0 Å². The van der Waals surface area contributed by atoms with Gasteiger partial charge in [-0.3, -0.25) is 0 Å².